The Hall–Kier alpha value is -2.46. The SMILES string of the molecule is C=Cc1ncc(-c2cccc(C)c2)n1N=C=C(C)CNCC1CCCOCC1. The number of hydrogen-bond donors (Lipinski definition) is 1. The van der Waals surface area contributed by atoms with Gasteiger partial charge in [0.15, 0.2) is 5.82 Å². The number of ether oxygens (including phenoxy) is 1. The van der Waals surface area contributed by atoms with Crippen molar-refractivity contribution < 1.29 is 4.74 Å². The average molecular weight is 379 g/mol. The molecule has 5 heteroatoms. The van der Waals surface area contributed by atoms with Crippen molar-refractivity contribution in [3.63, 3.8) is 0 Å². The van der Waals surface area contributed by atoms with Crippen molar-refractivity contribution in [1.82, 2.24) is 15.0 Å². The number of nitrogens with one attached hydrogen (secondary N) is 1. The average Bonchev–Trinajstić information content (AvgIpc) is 2.93. The number of hydrogen-bond acceptors (Lipinski definition) is 4. The fourth-order valence-electron chi connectivity index (χ4n) is 3.42. The third kappa shape index (κ3) is 5.52. The lowest BCUT2D eigenvalue weighted by Crippen LogP contribution is -2.24. The molecule has 0 amide bonds. The molecule has 0 saturated carbocycles. The van der Waals surface area contributed by atoms with Gasteiger partial charge in [-0.05, 0) is 57.7 Å². The topological polar surface area (TPSA) is 51.4 Å². The van der Waals surface area contributed by atoms with E-state index in [2.05, 4.69) is 53.0 Å². The van der Waals surface area contributed by atoms with Crippen molar-refractivity contribution in [3.8, 4) is 11.3 Å². The van der Waals surface area contributed by atoms with Crippen LogP contribution in [0.2, 0.25) is 0 Å². The molecule has 0 aliphatic carbocycles. The molecule has 0 radical (unpaired) electrons. The van der Waals surface area contributed by atoms with Crippen LogP contribution in [0.1, 0.15) is 37.6 Å². The van der Waals surface area contributed by atoms with Crippen molar-refractivity contribution in [2.75, 3.05) is 26.3 Å². The molecule has 3 rings (SSSR count). The summed E-state index contributed by atoms with van der Waals surface area (Å²) < 4.78 is 7.33. The molecule has 2 heterocycles. The Bertz CT molecular complexity index is 853. The molecule has 1 aromatic heterocycles. The third-order valence-electron chi connectivity index (χ3n) is 5.00. The van der Waals surface area contributed by atoms with Gasteiger partial charge in [-0.15, -0.1) is 5.10 Å². The maximum absolute atomic E-state index is 5.53. The molecule has 1 unspecified atom stereocenters. The summed E-state index contributed by atoms with van der Waals surface area (Å²) in [4.78, 5) is 4.43. The smallest absolute Gasteiger partial charge is 0.154 e. The Morgan fingerprint density at radius 2 is 2.32 bits per heavy atom. The van der Waals surface area contributed by atoms with E-state index in [4.69, 9.17) is 4.74 Å². The molecule has 1 atom stereocenters. The lowest BCUT2D eigenvalue weighted by Gasteiger charge is -2.13. The van der Waals surface area contributed by atoms with E-state index in [1.807, 2.05) is 19.2 Å². The molecular weight excluding hydrogens is 348 g/mol. The maximum Gasteiger partial charge on any atom is 0.154 e. The lowest BCUT2D eigenvalue weighted by atomic mass is 10.0. The van der Waals surface area contributed by atoms with Gasteiger partial charge in [0.25, 0.3) is 0 Å². The van der Waals surface area contributed by atoms with Gasteiger partial charge in [0, 0.05) is 36.8 Å². The predicted molar refractivity (Wildman–Crippen MR) is 116 cm³/mol. The van der Waals surface area contributed by atoms with Crippen LogP contribution in [0.15, 0.2) is 47.7 Å². The molecule has 28 heavy (non-hydrogen) atoms. The van der Waals surface area contributed by atoms with Gasteiger partial charge in [0.1, 0.15) is 0 Å². The fourth-order valence-corrected chi connectivity index (χ4v) is 3.42. The number of nitrogens with zero attached hydrogens (tertiary/aromatic N) is 3. The molecule has 1 aliphatic heterocycles. The number of imidazole rings is 1. The molecular formula is C23H30N4O. The molecule has 1 aromatic carbocycles. The molecule has 1 fully saturated rings. The standard InChI is InChI=1S/C23H30N4O/c1-4-23-25-17-22(21-9-5-7-18(2)13-21)27(23)26-15-19(3)14-24-16-20-8-6-11-28-12-10-20/h4-5,7,9,13,17,20,24H,1,6,8,10-12,14,16H2,2-3H3. The van der Waals surface area contributed by atoms with Gasteiger partial charge in [0.05, 0.1) is 11.9 Å². The van der Waals surface area contributed by atoms with Crippen LogP contribution in [0.4, 0.5) is 0 Å². The van der Waals surface area contributed by atoms with Gasteiger partial charge >= 0.3 is 0 Å². The summed E-state index contributed by atoms with van der Waals surface area (Å²) in [5, 5.41) is 8.09. The minimum absolute atomic E-state index is 0.696. The van der Waals surface area contributed by atoms with E-state index in [1.54, 1.807) is 10.8 Å². The zero-order chi connectivity index (χ0) is 19.8. The van der Waals surface area contributed by atoms with E-state index in [0.717, 1.165) is 56.0 Å². The summed E-state index contributed by atoms with van der Waals surface area (Å²) >= 11 is 0. The van der Waals surface area contributed by atoms with E-state index in [0.29, 0.717) is 11.7 Å². The first kappa shape index (κ1) is 20.3. The molecule has 0 bridgehead atoms. The van der Waals surface area contributed by atoms with Gasteiger partial charge in [0.2, 0.25) is 0 Å². The second-order valence-electron chi connectivity index (χ2n) is 7.42. The van der Waals surface area contributed by atoms with Crippen LogP contribution in [0.25, 0.3) is 17.3 Å². The number of aryl methyl sites for hydroxylation is 1. The van der Waals surface area contributed by atoms with Crippen molar-refractivity contribution in [1.29, 1.82) is 0 Å². The summed E-state index contributed by atoms with van der Waals surface area (Å²) in [6, 6.07) is 8.32. The first-order valence-electron chi connectivity index (χ1n) is 10.0. The number of rotatable bonds is 7. The summed E-state index contributed by atoms with van der Waals surface area (Å²) in [6.07, 6.45) is 7.09. The van der Waals surface area contributed by atoms with Crippen LogP contribution < -0.4 is 5.32 Å². The highest BCUT2D eigenvalue weighted by Crippen LogP contribution is 2.22. The van der Waals surface area contributed by atoms with Crippen LogP contribution in [-0.2, 0) is 4.74 Å². The van der Waals surface area contributed by atoms with E-state index in [1.165, 1.54) is 12.0 Å². The van der Waals surface area contributed by atoms with E-state index in [9.17, 15) is 0 Å². The second kappa shape index (κ2) is 10.2. The van der Waals surface area contributed by atoms with Crippen LogP contribution in [0.3, 0.4) is 0 Å². The summed E-state index contributed by atoms with van der Waals surface area (Å²) in [5.74, 6) is 4.57. The molecule has 148 valence electrons. The Balaban J connectivity index is 1.69. The van der Waals surface area contributed by atoms with Crippen molar-refractivity contribution in [2.45, 2.75) is 33.1 Å². The third-order valence-corrected chi connectivity index (χ3v) is 5.00. The van der Waals surface area contributed by atoms with Gasteiger partial charge in [-0.3, -0.25) is 0 Å². The second-order valence-corrected chi connectivity index (χ2v) is 7.42. The molecule has 1 saturated heterocycles. The Morgan fingerprint density at radius 3 is 3.14 bits per heavy atom. The molecule has 1 aliphatic rings. The Kier molecular flexibility index (Phi) is 7.38. The molecule has 1 N–H and O–H groups in total. The number of benzene rings is 1. The lowest BCUT2D eigenvalue weighted by molar-refractivity contribution is 0.141. The van der Waals surface area contributed by atoms with E-state index in [-0.39, 0.29) is 0 Å². The van der Waals surface area contributed by atoms with Crippen molar-refractivity contribution in [3.05, 3.63) is 54.0 Å². The first-order chi connectivity index (χ1) is 13.7. The predicted octanol–water partition coefficient (Wildman–Crippen LogP) is 4.29. The molecule has 0 spiro atoms. The van der Waals surface area contributed by atoms with Gasteiger partial charge in [-0.25, -0.2) is 9.66 Å². The zero-order valence-electron chi connectivity index (χ0n) is 16.9. The maximum atomic E-state index is 5.53. The molecule has 5 nitrogen and oxygen atoms in total. The quantitative estimate of drug-likeness (QED) is 0.732. The largest absolute Gasteiger partial charge is 0.381 e. The van der Waals surface area contributed by atoms with E-state index < -0.39 is 0 Å². The van der Waals surface area contributed by atoms with Crippen molar-refractivity contribution >= 4 is 11.9 Å². The van der Waals surface area contributed by atoms with Gasteiger partial charge in [-0.1, -0.05) is 30.3 Å². The Labute approximate surface area is 167 Å². The highest BCUT2D eigenvalue weighted by molar-refractivity contribution is 5.64. The van der Waals surface area contributed by atoms with Gasteiger partial charge in [-0.2, -0.15) is 0 Å². The van der Waals surface area contributed by atoms with Crippen LogP contribution in [0, 0.1) is 12.8 Å². The number of aromatic nitrogens is 2. The summed E-state index contributed by atoms with van der Waals surface area (Å²) in [6.45, 7) is 11.6. The van der Waals surface area contributed by atoms with Crippen LogP contribution in [0.5, 0.6) is 0 Å². The Morgan fingerprint density at radius 1 is 1.43 bits per heavy atom. The summed E-state index contributed by atoms with van der Waals surface area (Å²) in [5.41, 5.74) is 4.28. The van der Waals surface area contributed by atoms with Crippen LogP contribution in [-0.4, -0.2) is 41.8 Å². The monoisotopic (exact) mass is 378 g/mol. The zero-order valence-corrected chi connectivity index (χ0v) is 16.9. The minimum Gasteiger partial charge on any atom is -0.381 e. The van der Waals surface area contributed by atoms with Gasteiger partial charge < -0.3 is 10.1 Å². The normalized spacial score (nSPS) is 16.9. The minimum atomic E-state index is 0.696. The fraction of sp³-hybridized carbons (Fsp3) is 0.435. The molecule has 2 aromatic rings. The summed E-state index contributed by atoms with van der Waals surface area (Å²) in [7, 11) is 0. The highest BCUT2D eigenvalue weighted by Gasteiger charge is 2.12. The van der Waals surface area contributed by atoms with Crippen molar-refractivity contribution in [2.24, 2.45) is 11.0 Å². The first-order valence-corrected chi connectivity index (χ1v) is 10.0. The highest BCUT2D eigenvalue weighted by atomic mass is 16.5. The van der Waals surface area contributed by atoms with E-state index >= 15 is 0 Å². The van der Waals surface area contributed by atoms with Crippen LogP contribution >= 0.6 is 0 Å².